The van der Waals surface area contributed by atoms with Crippen LogP contribution in [-0.4, -0.2) is 34.5 Å². The first-order valence-electron chi connectivity index (χ1n) is 8.51. The van der Waals surface area contributed by atoms with Crippen molar-refractivity contribution in [2.24, 2.45) is 0 Å². The van der Waals surface area contributed by atoms with Gasteiger partial charge >= 0.3 is 0 Å². The van der Waals surface area contributed by atoms with Gasteiger partial charge in [0.15, 0.2) is 0 Å². The van der Waals surface area contributed by atoms with Crippen molar-refractivity contribution >= 4 is 32.7 Å². The summed E-state index contributed by atoms with van der Waals surface area (Å²) < 4.78 is 29.3. The van der Waals surface area contributed by atoms with Gasteiger partial charge in [-0.25, -0.2) is 18.1 Å². The van der Waals surface area contributed by atoms with E-state index in [9.17, 15) is 8.42 Å². The van der Waals surface area contributed by atoms with Gasteiger partial charge in [-0.3, -0.25) is 0 Å². The minimum atomic E-state index is -3.58. The molecule has 28 heavy (non-hydrogen) atoms. The van der Waals surface area contributed by atoms with E-state index in [1.165, 1.54) is 15.6 Å². The average molecular weight is 431 g/mol. The maximum absolute atomic E-state index is 13.0. The summed E-state index contributed by atoms with van der Waals surface area (Å²) in [6, 6.07) is 13.2. The predicted octanol–water partition coefficient (Wildman–Crippen LogP) is 4.19. The first-order valence-corrected chi connectivity index (χ1v) is 11.6. The predicted molar refractivity (Wildman–Crippen MR) is 112 cm³/mol. The van der Waals surface area contributed by atoms with E-state index in [1.54, 1.807) is 35.3 Å². The van der Waals surface area contributed by atoms with E-state index in [0.29, 0.717) is 4.21 Å². The maximum atomic E-state index is 13.0. The molecule has 0 bridgehead atoms. The first kappa shape index (κ1) is 19.0. The molecule has 1 aromatic carbocycles. The molecule has 0 aliphatic heterocycles. The van der Waals surface area contributed by atoms with Gasteiger partial charge in [-0.05, 0) is 31.2 Å². The largest absolute Gasteiger partial charge is 0.252 e. The summed E-state index contributed by atoms with van der Waals surface area (Å²) >= 11 is 2.79. The molecule has 0 atom stereocenters. The lowest BCUT2D eigenvalue weighted by Gasteiger charge is -2.14. The Morgan fingerprint density at radius 1 is 1.14 bits per heavy atom. The summed E-state index contributed by atoms with van der Waals surface area (Å²) in [7, 11) is -2.00. The van der Waals surface area contributed by atoms with Crippen LogP contribution in [0.15, 0.2) is 64.4 Å². The zero-order chi connectivity index (χ0) is 19.7. The van der Waals surface area contributed by atoms with Crippen LogP contribution in [0, 0.1) is 6.92 Å². The average Bonchev–Trinajstić information content (AvgIpc) is 3.42. The zero-order valence-corrected chi connectivity index (χ0v) is 17.8. The Morgan fingerprint density at radius 2 is 1.93 bits per heavy atom. The first-order chi connectivity index (χ1) is 13.4. The highest BCUT2D eigenvalue weighted by Gasteiger charge is 2.24. The van der Waals surface area contributed by atoms with Crippen LogP contribution in [0.5, 0.6) is 0 Å². The molecule has 0 radical (unpaired) electrons. The Balaban J connectivity index is 1.52. The van der Waals surface area contributed by atoms with Crippen molar-refractivity contribution in [3.8, 4) is 16.3 Å². The second kappa shape index (κ2) is 7.59. The van der Waals surface area contributed by atoms with E-state index < -0.39 is 10.0 Å². The molecule has 6 nitrogen and oxygen atoms in total. The fraction of sp³-hybridized carbons (Fsp3) is 0.158. The highest BCUT2D eigenvalue weighted by Crippen LogP contribution is 2.32. The van der Waals surface area contributed by atoms with E-state index in [2.05, 4.69) is 10.1 Å². The quantitative estimate of drug-likeness (QED) is 0.460. The highest BCUT2D eigenvalue weighted by atomic mass is 32.2. The number of hydrogen-bond acceptors (Lipinski definition) is 6. The lowest BCUT2D eigenvalue weighted by molar-refractivity contribution is 0.468. The molecular formula is C19H18N4O2S3. The maximum Gasteiger partial charge on any atom is 0.252 e. The Labute approximate surface area is 171 Å². The lowest BCUT2D eigenvalue weighted by Crippen LogP contribution is -2.25. The molecule has 0 aliphatic rings. The van der Waals surface area contributed by atoms with E-state index >= 15 is 0 Å². The molecule has 0 saturated heterocycles. The minimum Gasteiger partial charge on any atom is -0.241 e. The van der Waals surface area contributed by atoms with Crippen molar-refractivity contribution in [3.05, 3.63) is 70.8 Å². The molecule has 144 valence electrons. The summed E-state index contributed by atoms with van der Waals surface area (Å²) in [6.45, 7) is 2.18. The molecule has 4 rings (SSSR count). The number of benzene rings is 1. The van der Waals surface area contributed by atoms with Crippen molar-refractivity contribution in [2.75, 3.05) is 7.05 Å². The zero-order valence-electron chi connectivity index (χ0n) is 15.3. The van der Waals surface area contributed by atoms with Crippen LogP contribution in [0.2, 0.25) is 0 Å². The van der Waals surface area contributed by atoms with Crippen LogP contribution >= 0.6 is 22.7 Å². The molecule has 3 heterocycles. The molecule has 0 aliphatic carbocycles. The van der Waals surface area contributed by atoms with Gasteiger partial charge < -0.3 is 0 Å². The normalized spacial score (nSPS) is 12.0. The summed E-state index contributed by atoms with van der Waals surface area (Å²) in [6.07, 6.45) is 3.54. The van der Waals surface area contributed by atoms with E-state index in [4.69, 9.17) is 0 Å². The van der Waals surface area contributed by atoms with Gasteiger partial charge in [0.2, 0.25) is 0 Å². The molecule has 3 aromatic heterocycles. The third-order valence-electron chi connectivity index (χ3n) is 4.18. The van der Waals surface area contributed by atoms with Gasteiger partial charge in [-0.1, -0.05) is 18.2 Å². The van der Waals surface area contributed by atoms with Crippen LogP contribution in [0.1, 0.15) is 10.6 Å². The Hall–Kier alpha value is -2.33. The Bertz CT molecular complexity index is 1190. The van der Waals surface area contributed by atoms with E-state index in [0.717, 1.165) is 26.8 Å². The molecular weight excluding hydrogens is 412 g/mol. The summed E-state index contributed by atoms with van der Waals surface area (Å²) in [5, 5.41) is 7.23. The van der Waals surface area contributed by atoms with Gasteiger partial charge in [0.25, 0.3) is 10.0 Å². The number of thiazole rings is 1. The lowest BCUT2D eigenvalue weighted by atomic mass is 10.3. The van der Waals surface area contributed by atoms with Gasteiger partial charge in [0, 0.05) is 30.7 Å². The molecule has 4 aromatic rings. The number of rotatable bonds is 6. The number of nitrogens with zero attached hydrogens (tertiary/aromatic N) is 4. The fourth-order valence-electron chi connectivity index (χ4n) is 2.73. The second-order valence-electron chi connectivity index (χ2n) is 6.26. The number of para-hydroxylation sites is 1. The van der Waals surface area contributed by atoms with Gasteiger partial charge in [0.1, 0.15) is 4.21 Å². The van der Waals surface area contributed by atoms with Crippen molar-refractivity contribution < 1.29 is 8.42 Å². The third kappa shape index (κ3) is 3.79. The van der Waals surface area contributed by atoms with Gasteiger partial charge in [-0.15, -0.1) is 22.7 Å². The van der Waals surface area contributed by atoms with Crippen LogP contribution < -0.4 is 0 Å². The number of hydrogen-bond donors (Lipinski definition) is 0. The summed E-state index contributed by atoms with van der Waals surface area (Å²) in [4.78, 5) is 5.28. The van der Waals surface area contributed by atoms with E-state index in [-0.39, 0.29) is 6.54 Å². The molecule has 0 amide bonds. The molecule has 0 spiro atoms. The second-order valence-corrected chi connectivity index (χ2v) is 10.7. The molecule has 0 saturated carbocycles. The number of aryl methyl sites for hydroxylation is 1. The fourth-order valence-corrected chi connectivity index (χ4v) is 6.06. The van der Waals surface area contributed by atoms with Crippen LogP contribution in [0.25, 0.3) is 16.3 Å². The third-order valence-corrected chi connectivity index (χ3v) is 8.33. The molecule has 0 N–H and O–H groups in total. The smallest absolute Gasteiger partial charge is 0.241 e. The van der Waals surface area contributed by atoms with Crippen molar-refractivity contribution in [1.82, 2.24) is 19.1 Å². The van der Waals surface area contributed by atoms with E-state index in [1.807, 2.05) is 54.9 Å². The number of sulfonamides is 1. The van der Waals surface area contributed by atoms with Crippen molar-refractivity contribution in [2.45, 2.75) is 17.7 Å². The number of aromatic nitrogens is 3. The summed E-state index contributed by atoms with van der Waals surface area (Å²) in [5.41, 5.74) is 2.57. The number of thiophene rings is 1. The van der Waals surface area contributed by atoms with Gasteiger partial charge in [-0.2, -0.15) is 9.40 Å². The SMILES string of the molecule is Cc1nc(-c2ccc(S(=O)(=O)N(C)Cc3cnn(-c4ccccc4)c3)s2)cs1. The van der Waals surface area contributed by atoms with Crippen LogP contribution in [-0.2, 0) is 16.6 Å². The standard InChI is InChI=1S/C19H18N4O2S3/c1-14-21-17(13-26-14)18-8-9-19(27-18)28(24,25)22(2)11-15-10-20-23(12-15)16-6-4-3-5-7-16/h3-10,12-13H,11H2,1-2H3. The summed E-state index contributed by atoms with van der Waals surface area (Å²) in [5.74, 6) is 0. The van der Waals surface area contributed by atoms with Crippen molar-refractivity contribution in [1.29, 1.82) is 0 Å². The molecule has 0 fully saturated rings. The van der Waals surface area contributed by atoms with Crippen LogP contribution in [0.3, 0.4) is 0 Å². The van der Waals surface area contributed by atoms with Crippen molar-refractivity contribution in [3.63, 3.8) is 0 Å². The minimum absolute atomic E-state index is 0.248. The Morgan fingerprint density at radius 3 is 2.64 bits per heavy atom. The van der Waals surface area contributed by atoms with Gasteiger partial charge in [0.05, 0.1) is 27.5 Å². The Kier molecular flexibility index (Phi) is 5.15. The highest BCUT2D eigenvalue weighted by molar-refractivity contribution is 7.91. The molecule has 9 heteroatoms. The monoisotopic (exact) mass is 430 g/mol. The topological polar surface area (TPSA) is 68.1 Å². The van der Waals surface area contributed by atoms with Crippen LogP contribution in [0.4, 0.5) is 0 Å². The molecule has 0 unspecified atom stereocenters.